The van der Waals surface area contributed by atoms with Crippen LogP contribution in [0.25, 0.3) is 0 Å². The van der Waals surface area contributed by atoms with Crippen LogP contribution in [0.4, 0.5) is 0 Å². The molecule has 0 aliphatic carbocycles. The Bertz CT molecular complexity index is 1450. The summed E-state index contributed by atoms with van der Waals surface area (Å²) in [7, 11) is 0. The molecule has 2 aliphatic heterocycles. The normalized spacial score (nSPS) is 20.6. The van der Waals surface area contributed by atoms with Crippen LogP contribution in [0.2, 0.25) is 0 Å². The summed E-state index contributed by atoms with van der Waals surface area (Å²) in [6, 6.07) is 17.2. The van der Waals surface area contributed by atoms with Crippen LogP contribution in [0.15, 0.2) is 84.2 Å². The van der Waals surface area contributed by atoms with Crippen LogP contribution < -0.4 is 0 Å². The Morgan fingerprint density at radius 1 is 0.543 bits per heavy atom. The van der Waals surface area contributed by atoms with Crippen LogP contribution in [0.5, 0.6) is 0 Å². The monoisotopic (exact) mass is 632 g/mol. The highest BCUT2D eigenvalue weighted by molar-refractivity contribution is 6.39. The van der Waals surface area contributed by atoms with E-state index in [0.717, 1.165) is 22.2 Å². The molecule has 2 heterocycles. The number of benzene rings is 2. The van der Waals surface area contributed by atoms with Gasteiger partial charge in [-0.2, -0.15) is 0 Å². The molecule has 0 N–H and O–H groups in total. The molecule has 12 nitrogen and oxygen atoms in total. The van der Waals surface area contributed by atoms with Crippen molar-refractivity contribution in [1.29, 1.82) is 0 Å². The minimum atomic E-state index is -2.90. The van der Waals surface area contributed by atoms with E-state index in [-0.39, 0.29) is 39.5 Å². The quantitative estimate of drug-likeness (QED) is 0.138. The number of carbonyl (C=O) groups is 6. The van der Waals surface area contributed by atoms with Gasteiger partial charge in [0.1, 0.15) is 11.1 Å². The van der Waals surface area contributed by atoms with E-state index in [4.69, 9.17) is 18.9 Å². The Morgan fingerprint density at radius 2 is 0.870 bits per heavy atom. The fraction of sp³-hybridized carbons (Fsp3) is 0.353. The van der Waals surface area contributed by atoms with Gasteiger partial charge in [0.05, 0.1) is 26.4 Å². The molecule has 0 saturated heterocycles. The lowest BCUT2D eigenvalue weighted by atomic mass is 9.68. The highest BCUT2D eigenvalue weighted by Crippen LogP contribution is 2.49. The number of carbonyl (C=O) groups excluding carboxylic acids is 6. The molecule has 0 aromatic heterocycles. The number of esters is 4. The lowest BCUT2D eigenvalue weighted by Gasteiger charge is -2.49. The van der Waals surface area contributed by atoms with E-state index in [1.165, 1.54) is 27.7 Å². The minimum absolute atomic E-state index is 0.106. The molecule has 0 spiro atoms. The molecular formula is C34H36N2O10. The predicted molar refractivity (Wildman–Crippen MR) is 162 cm³/mol. The topological polar surface area (TPSA) is 146 Å². The number of ketones is 2. The molecule has 0 fully saturated rings. The van der Waals surface area contributed by atoms with Crippen LogP contribution in [0.1, 0.15) is 38.8 Å². The van der Waals surface area contributed by atoms with Gasteiger partial charge in [-0.1, -0.05) is 60.7 Å². The summed E-state index contributed by atoms with van der Waals surface area (Å²) >= 11 is 0. The van der Waals surface area contributed by atoms with Crippen LogP contribution in [0, 0.1) is 0 Å². The lowest BCUT2D eigenvalue weighted by Crippen LogP contribution is -2.79. The molecule has 0 radical (unpaired) electrons. The Hall–Kier alpha value is -5.26. The van der Waals surface area contributed by atoms with Crippen molar-refractivity contribution < 1.29 is 47.7 Å². The van der Waals surface area contributed by atoms with E-state index >= 15 is 0 Å². The van der Waals surface area contributed by atoms with Crippen molar-refractivity contribution in [3.63, 3.8) is 0 Å². The zero-order chi connectivity index (χ0) is 33.5. The molecule has 2 aromatic carbocycles. The third-order valence-electron chi connectivity index (χ3n) is 7.63. The first-order valence-corrected chi connectivity index (χ1v) is 15.0. The van der Waals surface area contributed by atoms with Gasteiger partial charge in [0, 0.05) is 25.5 Å². The number of hydrogen-bond donors (Lipinski definition) is 0. The first-order chi connectivity index (χ1) is 22.1. The molecule has 12 heteroatoms. The summed E-state index contributed by atoms with van der Waals surface area (Å²) in [6.07, 6.45) is 2.20. The van der Waals surface area contributed by atoms with Gasteiger partial charge < -0.3 is 28.7 Å². The molecular weight excluding hydrogens is 596 g/mol. The Labute approximate surface area is 266 Å². The SMILES string of the molecule is CCOC(=O)C1=CN(Cc2ccccc2)C(C(=O)OCC)(C2(C(=O)OCC)C(=O)C(C(=O)OCC)=CN2Cc2ccccc2)C1=O. The summed E-state index contributed by atoms with van der Waals surface area (Å²) in [5.41, 5.74) is -5.86. The van der Waals surface area contributed by atoms with Gasteiger partial charge in [0.15, 0.2) is 0 Å². The van der Waals surface area contributed by atoms with Gasteiger partial charge >= 0.3 is 23.9 Å². The minimum Gasteiger partial charge on any atom is -0.464 e. The van der Waals surface area contributed by atoms with Crippen LogP contribution in [-0.4, -0.2) is 82.7 Å². The Morgan fingerprint density at radius 3 is 1.17 bits per heavy atom. The Balaban J connectivity index is 2.12. The molecule has 0 saturated carbocycles. The maximum absolute atomic E-state index is 14.9. The molecule has 0 amide bonds. The maximum atomic E-state index is 14.9. The second-order valence-corrected chi connectivity index (χ2v) is 10.3. The van der Waals surface area contributed by atoms with Crippen molar-refractivity contribution in [3.05, 3.63) is 95.3 Å². The summed E-state index contributed by atoms with van der Waals surface area (Å²) in [4.78, 5) is 87.6. The average molecular weight is 633 g/mol. The first-order valence-electron chi connectivity index (χ1n) is 15.0. The third-order valence-corrected chi connectivity index (χ3v) is 7.63. The number of hydrogen-bond acceptors (Lipinski definition) is 12. The largest absolute Gasteiger partial charge is 0.464 e. The van der Waals surface area contributed by atoms with Gasteiger partial charge in [0.25, 0.3) is 0 Å². The van der Waals surface area contributed by atoms with Gasteiger partial charge in [-0.3, -0.25) is 9.59 Å². The molecule has 4 rings (SSSR count). The predicted octanol–water partition coefficient (Wildman–Crippen LogP) is 2.65. The van der Waals surface area contributed by atoms with Crippen molar-refractivity contribution in [1.82, 2.24) is 9.80 Å². The highest BCUT2D eigenvalue weighted by atomic mass is 16.6. The van der Waals surface area contributed by atoms with E-state index in [9.17, 15) is 28.8 Å². The molecule has 2 atom stereocenters. The number of Topliss-reactive ketones (excluding diaryl/α,β-unsaturated/α-hetero) is 2. The fourth-order valence-electron chi connectivity index (χ4n) is 5.80. The lowest BCUT2D eigenvalue weighted by molar-refractivity contribution is -0.185. The Kier molecular flexibility index (Phi) is 10.4. The van der Waals surface area contributed by atoms with Crippen molar-refractivity contribution >= 4 is 35.4 Å². The summed E-state index contributed by atoms with van der Waals surface area (Å²) < 4.78 is 21.3. The summed E-state index contributed by atoms with van der Waals surface area (Å²) in [6.45, 7) is 4.85. The van der Waals surface area contributed by atoms with Gasteiger partial charge in [-0.25, -0.2) is 19.2 Å². The van der Waals surface area contributed by atoms with Gasteiger partial charge in [-0.05, 0) is 38.8 Å². The number of ether oxygens (including phenoxy) is 4. The zero-order valence-corrected chi connectivity index (χ0v) is 26.1. The van der Waals surface area contributed by atoms with E-state index < -0.39 is 57.7 Å². The summed E-state index contributed by atoms with van der Waals surface area (Å²) in [5.74, 6) is -7.20. The first kappa shape index (κ1) is 33.6. The number of rotatable bonds is 13. The van der Waals surface area contributed by atoms with Gasteiger partial charge in [0.2, 0.25) is 22.6 Å². The van der Waals surface area contributed by atoms with Crippen molar-refractivity contribution in [2.24, 2.45) is 0 Å². The van der Waals surface area contributed by atoms with Crippen molar-refractivity contribution in [3.8, 4) is 0 Å². The smallest absolute Gasteiger partial charge is 0.343 e. The average Bonchev–Trinajstić information content (AvgIpc) is 3.50. The molecule has 0 bridgehead atoms. The maximum Gasteiger partial charge on any atom is 0.343 e. The fourth-order valence-corrected chi connectivity index (χ4v) is 5.80. The second kappa shape index (κ2) is 14.2. The third kappa shape index (κ3) is 5.55. The second-order valence-electron chi connectivity index (χ2n) is 10.3. The van der Waals surface area contributed by atoms with Crippen molar-refractivity contribution in [2.45, 2.75) is 51.9 Å². The van der Waals surface area contributed by atoms with Crippen LogP contribution >= 0.6 is 0 Å². The summed E-state index contributed by atoms with van der Waals surface area (Å²) in [5, 5.41) is 0. The highest BCUT2D eigenvalue weighted by Gasteiger charge is 2.80. The number of nitrogens with zero attached hydrogens (tertiary/aromatic N) is 2. The van der Waals surface area contributed by atoms with E-state index in [2.05, 4.69) is 0 Å². The molecule has 242 valence electrons. The van der Waals surface area contributed by atoms with E-state index in [0.29, 0.717) is 11.1 Å². The molecule has 2 aliphatic rings. The molecule has 46 heavy (non-hydrogen) atoms. The standard InChI is InChI=1S/C34H36N2O10/c1-5-43-29(39)25-21-35(19-23-15-11-9-12-16-23)33(27(25)37,31(41)45-7-3)34(32(42)46-8-4)28(38)26(30(40)44-6-2)22-36(34)20-24-17-13-10-14-18-24/h9-18,21-22H,5-8,19-20H2,1-4H3. The van der Waals surface area contributed by atoms with Crippen LogP contribution in [-0.2, 0) is 60.8 Å². The molecule has 2 unspecified atom stereocenters. The van der Waals surface area contributed by atoms with Crippen molar-refractivity contribution in [2.75, 3.05) is 26.4 Å². The molecule has 2 aromatic rings. The van der Waals surface area contributed by atoms with Gasteiger partial charge in [-0.15, -0.1) is 0 Å². The van der Waals surface area contributed by atoms with Crippen LogP contribution in [0.3, 0.4) is 0 Å². The van der Waals surface area contributed by atoms with E-state index in [1.807, 2.05) is 0 Å². The zero-order valence-electron chi connectivity index (χ0n) is 26.1. The van der Waals surface area contributed by atoms with E-state index in [1.54, 1.807) is 60.7 Å².